The van der Waals surface area contributed by atoms with Crippen LogP contribution in [0.15, 0.2) is 60.7 Å². The van der Waals surface area contributed by atoms with Crippen molar-refractivity contribution in [2.75, 3.05) is 18.5 Å². The van der Waals surface area contributed by atoms with Gasteiger partial charge >= 0.3 is 5.97 Å². The summed E-state index contributed by atoms with van der Waals surface area (Å²) < 4.78 is 10.6. The summed E-state index contributed by atoms with van der Waals surface area (Å²) in [4.78, 5) is 23.5. The molecular formula is C22H22N2O4. The fourth-order valence-electron chi connectivity index (χ4n) is 2.22. The normalized spacial score (nSPS) is 9.86. The quantitative estimate of drug-likeness (QED) is 0.403. The maximum Gasteiger partial charge on any atom is 0.333 e. The van der Waals surface area contributed by atoms with E-state index in [9.17, 15) is 9.59 Å². The van der Waals surface area contributed by atoms with Crippen molar-refractivity contribution < 1.29 is 19.1 Å². The van der Waals surface area contributed by atoms with Crippen molar-refractivity contribution in [1.29, 1.82) is 5.26 Å². The smallest absolute Gasteiger partial charge is 0.333 e. The fraction of sp³-hybridized carbons (Fsp3) is 0.227. The monoisotopic (exact) mass is 378 g/mol. The van der Waals surface area contributed by atoms with E-state index in [1.54, 1.807) is 55.5 Å². The summed E-state index contributed by atoms with van der Waals surface area (Å²) in [6, 6.07) is 15.5. The second kappa shape index (κ2) is 10.5. The van der Waals surface area contributed by atoms with E-state index in [1.165, 1.54) is 0 Å². The second-order valence-electron chi connectivity index (χ2n) is 6.14. The average Bonchev–Trinajstić information content (AvgIpc) is 2.71. The Hall–Kier alpha value is -3.59. The Labute approximate surface area is 164 Å². The fourth-order valence-corrected chi connectivity index (χ4v) is 2.22. The van der Waals surface area contributed by atoms with Gasteiger partial charge in [0.1, 0.15) is 5.75 Å². The zero-order chi connectivity index (χ0) is 20.4. The van der Waals surface area contributed by atoms with Crippen LogP contribution < -0.4 is 10.1 Å². The van der Waals surface area contributed by atoms with E-state index >= 15 is 0 Å². The first-order valence-corrected chi connectivity index (χ1v) is 8.86. The molecule has 0 unspecified atom stereocenters. The lowest BCUT2D eigenvalue weighted by molar-refractivity contribution is -0.139. The summed E-state index contributed by atoms with van der Waals surface area (Å²) in [6.45, 7) is 5.96. The summed E-state index contributed by atoms with van der Waals surface area (Å²) in [6.07, 6.45) is 1.44. The first-order chi connectivity index (χ1) is 13.5. The zero-order valence-corrected chi connectivity index (χ0v) is 15.7. The van der Waals surface area contributed by atoms with E-state index in [4.69, 9.17) is 14.7 Å². The van der Waals surface area contributed by atoms with Crippen LogP contribution in [-0.2, 0) is 9.53 Å². The molecule has 0 heterocycles. The molecule has 0 aliphatic rings. The molecule has 0 fully saturated rings. The molecule has 0 aliphatic carbocycles. The lowest BCUT2D eigenvalue weighted by atomic mass is 10.2. The largest absolute Gasteiger partial charge is 0.494 e. The molecular weight excluding hydrogens is 356 g/mol. The lowest BCUT2D eigenvalue weighted by Crippen LogP contribution is -2.11. The summed E-state index contributed by atoms with van der Waals surface area (Å²) >= 11 is 0. The zero-order valence-electron chi connectivity index (χ0n) is 15.7. The maximum atomic E-state index is 12.3. The topological polar surface area (TPSA) is 88.4 Å². The molecule has 6 nitrogen and oxygen atoms in total. The van der Waals surface area contributed by atoms with Gasteiger partial charge in [0, 0.05) is 16.8 Å². The Balaban J connectivity index is 1.73. The van der Waals surface area contributed by atoms with Crippen molar-refractivity contribution in [2.24, 2.45) is 0 Å². The first-order valence-electron chi connectivity index (χ1n) is 8.86. The molecule has 0 spiro atoms. The van der Waals surface area contributed by atoms with E-state index in [0.717, 1.165) is 6.42 Å². The van der Waals surface area contributed by atoms with E-state index in [1.807, 2.05) is 6.07 Å². The van der Waals surface area contributed by atoms with Crippen LogP contribution >= 0.6 is 0 Å². The minimum Gasteiger partial charge on any atom is -0.494 e. The van der Waals surface area contributed by atoms with Crippen molar-refractivity contribution in [3.63, 3.8) is 0 Å². The highest BCUT2D eigenvalue weighted by molar-refractivity contribution is 6.04. The third-order valence-corrected chi connectivity index (χ3v) is 3.78. The van der Waals surface area contributed by atoms with E-state index in [0.29, 0.717) is 47.8 Å². The van der Waals surface area contributed by atoms with Crippen LogP contribution in [0.1, 0.15) is 35.7 Å². The Bertz CT molecular complexity index is 865. The van der Waals surface area contributed by atoms with Gasteiger partial charge in [-0.1, -0.05) is 6.58 Å². The molecule has 0 aromatic heterocycles. The van der Waals surface area contributed by atoms with E-state index in [2.05, 4.69) is 11.9 Å². The molecule has 2 aromatic rings. The highest BCUT2D eigenvalue weighted by Gasteiger charge is 2.07. The first kappa shape index (κ1) is 20.7. The van der Waals surface area contributed by atoms with Crippen LogP contribution in [0.25, 0.3) is 0 Å². The number of hydrogen-bond acceptors (Lipinski definition) is 5. The predicted molar refractivity (Wildman–Crippen MR) is 106 cm³/mol. The van der Waals surface area contributed by atoms with Gasteiger partial charge in [-0.15, -0.1) is 0 Å². The Morgan fingerprint density at radius 1 is 1.04 bits per heavy atom. The highest BCUT2D eigenvalue weighted by Crippen LogP contribution is 2.15. The molecule has 0 saturated carbocycles. The third-order valence-electron chi connectivity index (χ3n) is 3.78. The van der Waals surface area contributed by atoms with Crippen LogP contribution in [0.2, 0.25) is 0 Å². The number of nitrogens with one attached hydrogen (secondary N) is 1. The summed E-state index contributed by atoms with van der Waals surface area (Å²) in [5.74, 6) is 0.0419. The second-order valence-corrected chi connectivity index (χ2v) is 6.14. The lowest BCUT2D eigenvalue weighted by Gasteiger charge is -2.08. The van der Waals surface area contributed by atoms with Gasteiger partial charge in [-0.25, -0.2) is 4.79 Å². The number of rotatable bonds is 9. The van der Waals surface area contributed by atoms with Crippen molar-refractivity contribution in [3.05, 3.63) is 71.8 Å². The predicted octanol–water partition coefficient (Wildman–Crippen LogP) is 4.09. The van der Waals surface area contributed by atoms with E-state index in [-0.39, 0.29) is 11.9 Å². The third kappa shape index (κ3) is 6.61. The number of hydrogen-bond donors (Lipinski definition) is 1. The Morgan fingerprint density at radius 2 is 1.68 bits per heavy atom. The number of benzene rings is 2. The molecule has 0 aliphatic heterocycles. The standard InChI is InChI=1S/C22H22N2O4/c1-16(2)22(26)28-14-4-3-13-27-20-11-7-18(8-12-20)21(25)24-19-9-5-17(15-23)6-10-19/h5-12H,1,3-4,13-14H2,2H3,(H,24,25). The van der Waals surface area contributed by atoms with Gasteiger partial charge < -0.3 is 14.8 Å². The van der Waals surface area contributed by atoms with Crippen LogP contribution in [0.4, 0.5) is 5.69 Å². The Kier molecular flexibility index (Phi) is 7.79. The minimum absolute atomic E-state index is 0.240. The average molecular weight is 378 g/mol. The summed E-state index contributed by atoms with van der Waals surface area (Å²) in [7, 11) is 0. The van der Waals surface area contributed by atoms with Gasteiger partial charge in [0.2, 0.25) is 0 Å². The van der Waals surface area contributed by atoms with Gasteiger partial charge in [-0.2, -0.15) is 5.26 Å². The van der Waals surface area contributed by atoms with Crippen LogP contribution in [0.5, 0.6) is 5.75 Å². The molecule has 28 heavy (non-hydrogen) atoms. The van der Waals surface area contributed by atoms with Crippen LogP contribution in [0, 0.1) is 11.3 Å². The SMILES string of the molecule is C=C(C)C(=O)OCCCCOc1ccc(C(=O)Nc2ccc(C#N)cc2)cc1. The number of ether oxygens (including phenoxy) is 2. The number of nitrogens with zero attached hydrogens (tertiary/aromatic N) is 1. The van der Waals surface area contributed by atoms with Crippen molar-refractivity contribution in [3.8, 4) is 11.8 Å². The number of carbonyl (C=O) groups is 2. The molecule has 2 aromatic carbocycles. The summed E-state index contributed by atoms with van der Waals surface area (Å²) in [5, 5.41) is 11.6. The summed E-state index contributed by atoms with van der Waals surface area (Å²) in [5.41, 5.74) is 2.05. The van der Waals surface area contributed by atoms with Crippen molar-refractivity contribution in [1.82, 2.24) is 0 Å². The molecule has 0 bridgehead atoms. The van der Waals surface area contributed by atoms with Crippen LogP contribution in [-0.4, -0.2) is 25.1 Å². The van der Waals surface area contributed by atoms with Gasteiger partial charge in [0.25, 0.3) is 5.91 Å². The number of carbonyl (C=O) groups excluding carboxylic acids is 2. The highest BCUT2D eigenvalue weighted by atomic mass is 16.5. The maximum absolute atomic E-state index is 12.3. The van der Waals surface area contributed by atoms with Gasteiger partial charge in [0.05, 0.1) is 24.8 Å². The van der Waals surface area contributed by atoms with Gasteiger partial charge in [-0.3, -0.25) is 4.79 Å². The molecule has 0 radical (unpaired) electrons. The van der Waals surface area contributed by atoms with Gasteiger partial charge in [0.15, 0.2) is 0 Å². The Morgan fingerprint density at radius 3 is 2.29 bits per heavy atom. The van der Waals surface area contributed by atoms with Crippen molar-refractivity contribution >= 4 is 17.6 Å². The molecule has 6 heteroatoms. The molecule has 144 valence electrons. The van der Waals surface area contributed by atoms with Crippen LogP contribution in [0.3, 0.4) is 0 Å². The molecule has 1 N–H and O–H groups in total. The molecule has 2 rings (SSSR count). The number of anilines is 1. The van der Waals surface area contributed by atoms with Crippen molar-refractivity contribution in [2.45, 2.75) is 19.8 Å². The number of esters is 1. The number of nitriles is 1. The number of amides is 1. The molecule has 1 amide bonds. The minimum atomic E-state index is -0.379. The van der Waals surface area contributed by atoms with Gasteiger partial charge in [-0.05, 0) is 68.3 Å². The molecule has 0 atom stereocenters. The molecule has 0 saturated heterocycles. The van der Waals surface area contributed by atoms with E-state index < -0.39 is 0 Å². The number of unbranched alkanes of at least 4 members (excludes halogenated alkanes) is 1.